The van der Waals surface area contributed by atoms with Crippen molar-refractivity contribution in [1.82, 2.24) is 10.6 Å². The second-order valence-corrected chi connectivity index (χ2v) is 8.65. The predicted molar refractivity (Wildman–Crippen MR) is 105 cm³/mol. The molecule has 1 fully saturated rings. The molecule has 0 saturated carbocycles. The van der Waals surface area contributed by atoms with Gasteiger partial charge >= 0.3 is 0 Å². The Labute approximate surface area is 163 Å². The highest BCUT2D eigenvalue weighted by atomic mass is 32.1. The molecule has 0 radical (unpaired) electrons. The van der Waals surface area contributed by atoms with Crippen molar-refractivity contribution in [3.8, 4) is 5.75 Å². The zero-order chi connectivity index (χ0) is 18.3. The fraction of sp³-hybridized carbons (Fsp3) is 0.476. The first-order valence-corrected chi connectivity index (χ1v) is 10.5. The molecule has 1 spiro atoms. The number of hydrogen-bond acceptors (Lipinski definition) is 5. The Morgan fingerprint density at radius 1 is 1.22 bits per heavy atom. The summed E-state index contributed by atoms with van der Waals surface area (Å²) in [5.74, 6) is 0.936. The number of fused-ring (bicyclic) bond motifs is 3. The third-order valence-corrected chi connectivity index (χ3v) is 7.18. The lowest BCUT2D eigenvalue weighted by Crippen LogP contribution is -2.44. The van der Waals surface area contributed by atoms with E-state index < -0.39 is 0 Å². The summed E-state index contributed by atoms with van der Waals surface area (Å²) in [4.78, 5) is 15.0. The van der Waals surface area contributed by atoms with E-state index in [4.69, 9.17) is 9.47 Å². The van der Waals surface area contributed by atoms with Crippen LogP contribution in [-0.2, 0) is 23.2 Å². The van der Waals surface area contributed by atoms with Crippen molar-refractivity contribution >= 4 is 17.2 Å². The summed E-state index contributed by atoms with van der Waals surface area (Å²) in [6.45, 7) is 3.21. The molecule has 0 bridgehead atoms. The lowest BCUT2D eigenvalue weighted by Gasteiger charge is -2.40. The fourth-order valence-electron chi connectivity index (χ4n) is 4.41. The van der Waals surface area contributed by atoms with Crippen molar-refractivity contribution in [3.63, 3.8) is 0 Å². The summed E-state index contributed by atoms with van der Waals surface area (Å²) in [5, 5.41) is 6.58. The molecule has 6 heteroatoms. The molecule has 1 saturated heterocycles. The van der Waals surface area contributed by atoms with Crippen molar-refractivity contribution in [1.29, 1.82) is 0 Å². The van der Waals surface area contributed by atoms with Crippen LogP contribution in [-0.4, -0.2) is 38.3 Å². The summed E-state index contributed by atoms with van der Waals surface area (Å²) in [5.41, 5.74) is 2.26. The van der Waals surface area contributed by atoms with Crippen LogP contribution in [0.15, 0.2) is 30.3 Å². The number of nitrogens with one attached hydrogen (secondary N) is 2. The van der Waals surface area contributed by atoms with E-state index in [1.54, 1.807) is 11.3 Å². The van der Waals surface area contributed by atoms with Crippen LogP contribution in [0.4, 0.5) is 0 Å². The number of piperidine rings is 1. The molecule has 1 aromatic heterocycles. The zero-order valence-corrected chi connectivity index (χ0v) is 16.1. The van der Waals surface area contributed by atoms with Crippen LogP contribution in [0.2, 0.25) is 0 Å². The van der Waals surface area contributed by atoms with E-state index in [1.807, 2.05) is 18.2 Å². The van der Waals surface area contributed by atoms with E-state index in [9.17, 15) is 4.79 Å². The van der Waals surface area contributed by atoms with Crippen LogP contribution in [0.3, 0.4) is 0 Å². The van der Waals surface area contributed by atoms with Gasteiger partial charge < -0.3 is 20.1 Å². The summed E-state index contributed by atoms with van der Waals surface area (Å²) < 4.78 is 12.0. The molecule has 3 aliphatic heterocycles. The molecule has 1 aromatic carbocycles. The van der Waals surface area contributed by atoms with Crippen LogP contribution in [0.1, 0.15) is 38.5 Å². The third kappa shape index (κ3) is 3.16. The Bertz CT molecular complexity index is 857. The highest BCUT2D eigenvalue weighted by Gasteiger charge is 2.41. The topological polar surface area (TPSA) is 59.6 Å². The number of amides is 1. The van der Waals surface area contributed by atoms with Crippen molar-refractivity contribution < 1.29 is 14.3 Å². The quantitative estimate of drug-likeness (QED) is 0.836. The fourth-order valence-corrected chi connectivity index (χ4v) is 5.73. The zero-order valence-electron chi connectivity index (χ0n) is 15.3. The summed E-state index contributed by atoms with van der Waals surface area (Å²) in [6, 6.07) is 10.1. The van der Waals surface area contributed by atoms with Gasteiger partial charge in [0.05, 0.1) is 17.5 Å². The van der Waals surface area contributed by atoms with E-state index in [0.717, 1.165) is 61.6 Å². The van der Waals surface area contributed by atoms with Crippen molar-refractivity contribution in [2.45, 2.75) is 37.3 Å². The van der Waals surface area contributed by atoms with Gasteiger partial charge in [0.25, 0.3) is 5.91 Å². The number of hydrogen-bond donors (Lipinski definition) is 2. The maximum absolute atomic E-state index is 12.9. The number of carbonyl (C=O) groups excluding carboxylic acids is 1. The number of thiophene rings is 1. The van der Waals surface area contributed by atoms with Crippen molar-refractivity contribution in [2.24, 2.45) is 0 Å². The van der Waals surface area contributed by atoms with Crippen LogP contribution in [0.5, 0.6) is 5.75 Å². The third-order valence-electron chi connectivity index (χ3n) is 5.82. The van der Waals surface area contributed by atoms with Gasteiger partial charge in [-0.15, -0.1) is 11.3 Å². The molecule has 27 heavy (non-hydrogen) atoms. The Hall–Kier alpha value is -1.89. The normalized spacial score (nSPS) is 23.2. The second kappa shape index (κ2) is 6.93. The first-order chi connectivity index (χ1) is 13.2. The number of carbonyl (C=O) groups is 1. The summed E-state index contributed by atoms with van der Waals surface area (Å²) >= 11 is 1.62. The molecule has 5 nitrogen and oxygen atoms in total. The van der Waals surface area contributed by atoms with Gasteiger partial charge in [-0.25, -0.2) is 0 Å². The Kier molecular flexibility index (Phi) is 4.42. The SMILES string of the molecule is O=C(NC1COc2ccccc2C1)c1cc2c(s1)C1(CCNCC1)OCC2. The van der Waals surface area contributed by atoms with E-state index in [2.05, 4.69) is 22.8 Å². The molecule has 2 aromatic rings. The molecular weight excluding hydrogens is 360 g/mol. The first-order valence-electron chi connectivity index (χ1n) is 9.73. The predicted octanol–water partition coefficient (Wildman–Crippen LogP) is 2.63. The van der Waals surface area contributed by atoms with Crippen molar-refractivity contribution in [2.75, 3.05) is 26.3 Å². The largest absolute Gasteiger partial charge is 0.491 e. The molecule has 3 aliphatic rings. The van der Waals surface area contributed by atoms with Crippen LogP contribution in [0, 0.1) is 0 Å². The van der Waals surface area contributed by atoms with Crippen LogP contribution < -0.4 is 15.4 Å². The smallest absolute Gasteiger partial charge is 0.261 e. The molecule has 1 amide bonds. The van der Waals surface area contributed by atoms with E-state index in [0.29, 0.717) is 6.61 Å². The van der Waals surface area contributed by atoms with Gasteiger partial charge in [0, 0.05) is 4.88 Å². The molecule has 2 N–H and O–H groups in total. The Balaban J connectivity index is 1.33. The van der Waals surface area contributed by atoms with Gasteiger partial charge in [-0.05, 0) is 62.0 Å². The van der Waals surface area contributed by atoms with Gasteiger partial charge in [-0.2, -0.15) is 0 Å². The molecule has 0 aliphatic carbocycles. The number of ether oxygens (including phenoxy) is 2. The standard InChI is InChI=1S/C21H24N2O3S/c24-20(23-16-11-14-3-1-2-4-17(14)25-13-16)18-12-15-5-10-26-21(19(15)27-18)6-8-22-9-7-21/h1-4,12,16,22H,5-11,13H2,(H,23,24). The van der Waals surface area contributed by atoms with Gasteiger partial charge in [-0.3, -0.25) is 4.79 Å². The molecule has 5 rings (SSSR count). The first kappa shape index (κ1) is 17.2. The van der Waals surface area contributed by atoms with Gasteiger partial charge in [0.15, 0.2) is 0 Å². The minimum absolute atomic E-state index is 0.00599. The second-order valence-electron chi connectivity index (χ2n) is 7.60. The Morgan fingerprint density at radius 2 is 2.07 bits per heavy atom. The maximum Gasteiger partial charge on any atom is 0.261 e. The molecule has 1 unspecified atom stereocenters. The van der Waals surface area contributed by atoms with Crippen LogP contribution >= 0.6 is 11.3 Å². The van der Waals surface area contributed by atoms with Gasteiger partial charge in [0.1, 0.15) is 18.0 Å². The average molecular weight is 385 g/mol. The lowest BCUT2D eigenvalue weighted by molar-refractivity contribution is -0.0771. The van der Waals surface area contributed by atoms with Gasteiger partial charge in [-0.1, -0.05) is 18.2 Å². The highest BCUT2D eigenvalue weighted by molar-refractivity contribution is 7.14. The van der Waals surface area contributed by atoms with E-state index in [1.165, 1.54) is 10.4 Å². The lowest BCUT2D eigenvalue weighted by atomic mass is 9.86. The maximum atomic E-state index is 12.9. The molecule has 4 heterocycles. The molecule has 1 atom stereocenters. The number of rotatable bonds is 2. The molecule has 142 valence electrons. The average Bonchev–Trinajstić information content (AvgIpc) is 3.15. The minimum Gasteiger partial charge on any atom is -0.491 e. The summed E-state index contributed by atoms with van der Waals surface area (Å²) in [7, 11) is 0. The van der Waals surface area contributed by atoms with Gasteiger partial charge in [0.2, 0.25) is 0 Å². The minimum atomic E-state index is -0.186. The summed E-state index contributed by atoms with van der Waals surface area (Å²) in [6.07, 6.45) is 3.67. The van der Waals surface area contributed by atoms with E-state index >= 15 is 0 Å². The number of para-hydroxylation sites is 1. The van der Waals surface area contributed by atoms with Crippen LogP contribution in [0.25, 0.3) is 0 Å². The Morgan fingerprint density at radius 3 is 2.96 bits per heavy atom. The highest BCUT2D eigenvalue weighted by Crippen LogP contribution is 2.44. The van der Waals surface area contributed by atoms with E-state index in [-0.39, 0.29) is 17.6 Å². The number of benzene rings is 1. The van der Waals surface area contributed by atoms with Crippen molar-refractivity contribution in [3.05, 3.63) is 51.2 Å². The molecular formula is C21H24N2O3S. The monoisotopic (exact) mass is 384 g/mol.